The van der Waals surface area contributed by atoms with Gasteiger partial charge < -0.3 is 9.67 Å². The standard InChI is InChI=1S/C13H20N4O3/c1-9(18)6-4-5-7-17-12(19)10-11(14-8-15(10)2)16(3)13(17)20/h8-9,18H,4-7H2,1-3H3/t9-/m1/s1/i1D3,2D3,3D3,6D2,8D. The van der Waals surface area contributed by atoms with E-state index in [1.54, 1.807) is 0 Å². The second-order valence-electron chi connectivity index (χ2n) is 4.00. The summed E-state index contributed by atoms with van der Waals surface area (Å²) in [6, 6.07) is 0. The molecule has 0 spiro atoms. The van der Waals surface area contributed by atoms with Crippen molar-refractivity contribution in [1.29, 1.82) is 0 Å². The Hall–Kier alpha value is -1.89. The van der Waals surface area contributed by atoms with Gasteiger partial charge in [-0.1, -0.05) is 0 Å². The lowest BCUT2D eigenvalue weighted by atomic mass is 10.2. The molecule has 2 heterocycles. The van der Waals surface area contributed by atoms with Gasteiger partial charge in [0.25, 0.3) is 5.56 Å². The first-order chi connectivity index (χ1) is 14.2. The fraction of sp³-hybridized carbons (Fsp3) is 0.615. The van der Waals surface area contributed by atoms with Crippen LogP contribution in [0.4, 0.5) is 0 Å². The lowest BCUT2D eigenvalue weighted by molar-refractivity contribution is 0.180. The second-order valence-corrected chi connectivity index (χ2v) is 4.00. The Bertz CT molecular complexity index is 1120. The highest BCUT2D eigenvalue weighted by Crippen LogP contribution is 2.04. The molecule has 0 fully saturated rings. The van der Waals surface area contributed by atoms with Crippen LogP contribution in [0.3, 0.4) is 0 Å². The Morgan fingerprint density at radius 3 is 3.05 bits per heavy atom. The number of nitrogens with zero attached hydrogens (tertiary/aromatic N) is 4. The summed E-state index contributed by atoms with van der Waals surface area (Å²) < 4.78 is 90.5. The summed E-state index contributed by atoms with van der Waals surface area (Å²) in [7, 11) is 0. The third-order valence-electron chi connectivity index (χ3n) is 2.67. The van der Waals surface area contributed by atoms with Crippen molar-refractivity contribution >= 4 is 11.2 Å². The van der Waals surface area contributed by atoms with E-state index in [2.05, 4.69) is 4.98 Å². The van der Waals surface area contributed by atoms with E-state index in [0.717, 1.165) is 0 Å². The number of fused-ring (bicyclic) bond motifs is 1. The van der Waals surface area contributed by atoms with E-state index >= 15 is 0 Å². The Morgan fingerprint density at radius 1 is 1.50 bits per heavy atom. The highest BCUT2D eigenvalue weighted by molar-refractivity contribution is 5.69. The number of imidazole rings is 1. The molecule has 0 bridgehead atoms. The maximum Gasteiger partial charge on any atom is 0.332 e. The summed E-state index contributed by atoms with van der Waals surface area (Å²) in [6.07, 6.45) is -6.94. The van der Waals surface area contributed by atoms with Crippen LogP contribution in [0.2, 0.25) is 0 Å². The van der Waals surface area contributed by atoms with Gasteiger partial charge in [-0.25, -0.2) is 9.78 Å². The number of aromatic nitrogens is 4. The molecule has 0 aliphatic carbocycles. The molecule has 110 valence electrons. The van der Waals surface area contributed by atoms with Gasteiger partial charge in [-0.15, -0.1) is 0 Å². The van der Waals surface area contributed by atoms with E-state index in [0.29, 0.717) is 4.57 Å². The maximum atomic E-state index is 12.9. The Morgan fingerprint density at radius 2 is 2.35 bits per heavy atom. The summed E-state index contributed by atoms with van der Waals surface area (Å²) in [5, 5.41) is 9.70. The number of hydrogen-bond donors (Lipinski definition) is 1. The normalized spacial score (nSPS) is 24.4. The Balaban J connectivity index is 2.63. The Labute approximate surface area is 133 Å². The van der Waals surface area contributed by atoms with E-state index in [1.165, 1.54) is 0 Å². The molecule has 0 aromatic carbocycles. The van der Waals surface area contributed by atoms with E-state index in [4.69, 9.17) is 16.4 Å². The van der Waals surface area contributed by atoms with Crippen molar-refractivity contribution in [1.82, 2.24) is 18.7 Å². The van der Waals surface area contributed by atoms with Crippen LogP contribution in [0, 0.1) is 0 Å². The van der Waals surface area contributed by atoms with E-state index in [1.807, 2.05) is 0 Å². The minimum Gasteiger partial charge on any atom is -0.393 e. The largest absolute Gasteiger partial charge is 0.393 e. The van der Waals surface area contributed by atoms with Gasteiger partial charge in [0.1, 0.15) is 1.37 Å². The molecule has 7 heteroatoms. The summed E-state index contributed by atoms with van der Waals surface area (Å²) >= 11 is 0. The van der Waals surface area contributed by atoms with E-state index in [9.17, 15) is 14.7 Å². The molecule has 0 aliphatic rings. The molecule has 0 unspecified atom stereocenters. The zero-order valence-electron chi connectivity index (χ0n) is 22.3. The van der Waals surface area contributed by atoms with Crippen molar-refractivity contribution in [2.45, 2.75) is 38.7 Å². The average molecular weight is 292 g/mol. The van der Waals surface area contributed by atoms with Crippen LogP contribution < -0.4 is 11.2 Å². The SMILES string of the molecule is [2H]c1nc2c(c(=O)n(CCCC([2H])([2H])[C@H](O)C([2H])([2H])[2H])c(=O)n2C([2H])([2H])[2H])n1C([2H])([2H])[2H]. The van der Waals surface area contributed by atoms with Gasteiger partial charge in [0.2, 0.25) is 0 Å². The molecule has 2 aromatic heterocycles. The summed E-state index contributed by atoms with van der Waals surface area (Å²) in [5.74, 6) is 0. The fourth-order valence-electron chi connectivity index (χ4n) is 1.75. The summed E-state index contributed by atoms with van der Waals surface area (Å²) in [4.78, 5) is 29.1. The highest BCUT2D eigenvalue weighted by atomic mass is 16.3. The zero-order chi connectivity index (χ0) is 25.0. The predicted molar refractivity (Wildman–Crippen MR) is 75.7 cm³/mol. The molecule has 1 N–H and O–H groups in total. The maximum absolute atomic E-state index is 12.9. The first-order valence-electron chi connectivity index (χ1n) is 11.6. The van der Waals surface area contributed by atoms with Crippen LogP contribution in [-0.4, -0.2) is 29.9 Å². The van der Waals surface area contributed by atoms with E-state index in [-0.39, 0.29) is 15.6 Å². The molecule has 0 amide bonds. The summed E-state index contributed by atoms with van der Waals surface area (Å²) in [6.45, 7) is -9.93. The first-order valence-corrected chi connectivity index (χ1v) is 5.65. The van der Waals surface area contributed by atoms with Crippen LogP contribution in [0.5, 0.6) is 0 Å². The lowest BCUT2D eigenvalue weighted by Gasteiger charge is -2.09. The van der Waals surface area contributed by atoms with Crippen LogP contribution in [0.25, 0.3) is 11.2 Å². The third-order valence-corrected chi connectivity index (χ3v) is 2.67. The number of aliphatic hydroxyl groups is 1. The van der Waals surface area contributed by atoms with Gasteiger partial charge in [0, 0.05) is 35.6 Å². The number of aliphatic hydroxyl groups excluding tert-OH is 1. The second kappa shape index (κ2) is 5.62. The highest BCUT2D eigenvalue weighted by Gasteiger charge is 2.14. The van der Waals surface area contributed by atoms with Gasteiger partial charge >= 0.3 is 5.69 Å². The lowest BCUT2D eigenvalue weighted by Crippen LogP contribution is -2.39. The predicted octanol–water partition coefficient (Wildman–Crippen LogP) is -0.0152. The van der Waals surface area contributed by atoms with Crippen molar-refractivity contribution in [2.75, 3.05) is 0 Å². The van der Waals surface area contributed by atoms with Gasteiger partial charge in [-0.3, -0.25) is 13.9 Å². The third kappa shape index (κ3) is 2.53. The van der Waals surface area contributed by atoms with Crippen molar-refractivity contribution in [2.24, 2.45) is 14.0 Å². The molecule has 0 aliphatic heterocycles. The number of aryl methyl sites for hydroxylation is 2. The van der Waals surface area contributed by atoms with Crippen LogP contribution in [0.1, 0.15) is 42.5 Å². The minimum atomic E-state index is -3.20. The molecular weight excluding hydrogens is 260 g/mol. The molecule has 0 radical (unpaired) electrons. The molecule has 7 nitrogen and oxygen atoms in total. The molecule has 1 atom stereocenters. The zero-order valence-corrected chi connectivity index (χ0v) is 10.3. The fourth-order valence-corrected chi connectivity index (χ4v) is 1.75. The summed E-state index contributed by atoms with van der Waals surface area (Å²) in [5.41, 5.74) is -4.29. The van der Waals surface area contributed by atoms with Crippen molar-refractivity contribution in [3.63, 3.8) is 0 Å². The topological polar surface area (TPSA) is 82.1 Å². The van der Waals surface area contributed by atoms with Gasteiger partial charge in [0.05, 0.1) is 12.4 Å². The van der Waals surface area contributed by atoms with E-state index < -0.39 is 75.0 Å². The van der Waals surface area contributed by atoms with Crippen LogP contribution >= 0.6 is 0 Å². The van der Waals surface area contributed by atoms with Crippen LogP contribution in [-0.2, 0) is 20.5 Å². The van der Waals surface area contributed by atoms with Gasteiger partial charge in [0.15, 0.2) is 11.2 Å². The molecule has 0 saturated heterocycles. The quantitative estimate of drug-likeness (QED) is 0.840. The van der Waals surface area contributed by atoms with Gasteiger partial charge in [-0.05, 0) is 26.1 Å². The van der Waals surface area contributed by atoms with Crippen molar-refractivity contribution in [3.8, 4) is 0 Å². The number of rotatable bonds is 5. The molecule has 0 saturated carbocycles. The monoisotopic (exact) mass is 292 g/mol. The van der Waals surface area contributed by atoms with Crippen LogP contribution in [0.15, 0.2) is 15.9 Å². The minimum absolute atomic E-state index is 0.0932. The molecule has 20 heavy (non-hydrogen) atoms. The smallest absolute Gasteiger partial charge is 0.332 e. The number of hydrogen-bond acceptors (Lipinski definition) is 4. The average Bonchev–Trinajstić information content (AvgIpc) is 2.91. The first kappa shape index (κ1) is 5.48. The van der Waals surface area contributed by atoms with Crippen molar-refractivity contribution < 1.29 is 21.6 Å². The Kier molecular flexibility index (Phi) is 1.54. The van der Waals surface area contributed by atoms with Gasteiger partial charge in [-0.2, -0.15) is 0 Å². The molecule has 2 rings (SSSR count). The molecule has 2 aromatic rings. The molecular formula is C13H20N4O3. The van der Waals surface area contributed by atoms with Crippen molar-refractivity contribution in [3.05, 3.63) is 27.1 Å².